The Hall–Kier alpha value is -1.82. The standard InChI is InChI=1S/C14H23N3O3/c1-14(2,3)20-13(18)17(7-8-19-4)10-12-6-5-11(15)9-16-12/h5-6,9H,7-8,10,15H2,1-4H3. The van der Waals surface area contributed by atoms with Crippen LogP contribution in [-0.2, 0) is 16.0 Å². The number of amides is 1. The Morgan fingerprint density at radius 2 is 2.10 bits per heavy atom. The summed E-state index contributed by atoms with van der Waals surface area (Å²) in [5, 5.41) is 0. The average Bonchev–Trinajstić information content (AvgIpc) is 2.34. The summed E-state index contributed by atoms with van der Waals surface area (Å²) >= 11 is 0. The molecule has 1 rings (SSSR count). The Labute approximate surface area is 119 Å². The molecule has 6 nitrogen and oxygen atoms in total. The maximum absolute atomic E-state index is 12.1. The Balaban J connectivity index is 2.73. The number of rotatable bonds is 5. The Bertz CT molecular complexity index is 426. The van der Waals surface area contributed by atoms with Crippen molar-refractivity contribution >= 4 is 11.8 Å². The summed E-state index contributed by atoms with van der Waals surface area (Å²) in [7, 11) is 1.59. The third kappa shape index (κ3) is 5.88. The van der Waals surface area contributed by atoms with Gasteiger partial charge >= 0.3 is 6.09 Å². The van der Waals surface area contributed by atoms with E-state index >= 15 is 0 Å². The van der Waals surface area contributed by atoms with Crippen molar-refractivity contribution in [3.63, 3.8) is 0 Å². The number of methoxy groups -OCH3 is 1. The number of nitrogens with two attached hydrogens (primary N) is 1. The molecular weight excluding hydrogens is 258 g/mol. The van der Waals surface area contributed by atoms with Crippen LogP contribution in [0.2, 0.25) is 0 Å². The van der Waals surface area contributed by atoms with E-state index in [0.29, 0.717) is 25.4 Å². The summed E-state index contributed by atoms with van der Waals surface area (Å²) in [5.41, 5.74) is 6.41. The molecule has 2 N–H and O–H groups in total. The number of nitrogens with zero attached hydrogens (tertiary/aromatic N) is 2. The summed E-state index contributed by atoms with van der Waals surface area (Å²) in [6.07, 6.45) is 1.19. The van der Waals surface area contributed by atoms with E-state index in [9.17, 15) is 4.79 Å². The molecule has 0 saturated carbocycles. The van der Waals surface area contributed by atoms with Crippen LogP contribution in [-0.4, -0.2) is 41.8 Å². The highest BCUT2D eigenvalue weighted by Gasteiger charge is 2.22. The highest BCUT2D eigenvalue weighted by molar-refractivity contribution is 5.68. The molecule has 0 fully saturated rings. The molecule has 1 amide bonds. The first-order valence-electron chi connectivity index (χ1n) is 6.49. The van der Waals surface area contributed by atoms with E-state index in [1.54, 1.807) is 30.3 Å². The fraction of sp³-hybridized carbons (Fsp3) is 0.571. The molecule has 0 aliphatic carbocycles. The zero-order chi connectivity index (χ0) is 15.2. The number of nitrogen functional groups attached to an aromatic ring is 1. The number of hydrogen-bond donors (Lipinski definition) is 1. The molecule has 0 unspecified atom stereocenters. The predicted molar refractivity (Wildman–Crippen MR) is 77.2 cm³/mol. The fourth-order valence-corrected chi connectivity index (χ4v) is 1.49. The first kappa shape index (κ1) is 16.2. The third-order valence-corrected chi connectivity index (χ3v) is 2.42. The van der Waals surface area contributed by atoms with Crippen LogP contribution in [0.25, 0.3) is 0 Å². The van der Waals surface area contributed by atoms with Gasteiger partial charge < -0.3 is 15.2 Å². The summed E-state index contributed by atoms with van der Waals surface area (Å²) < 4.78 is 10.4. The van der Waals surface area contributed by atoms with Crippen LogP contribution in [0.15, 0.2) is 18.3 Å². The number of pyridine rings is 1. The van der Waals surface area contributed by atoms with Crippen LogP contribution in [0.3, 0.4) is 0 Å². The van der Waals surface area contributed by atoms with Crippen molar-refractivity contribution in [2.24, 2.45) is 0 Å². The smallest absolute Gasteiger partial charge is 0.410 e. The Morgan fingerprint density at radius 1 is 1.40 bits per heavy atom. The minimum Gasteiger partial charge on any atom is -0.444 e. The van der Waals surface area contributed by atoms with Gasteiger partial charge in [0.25, 0.3) is 0 Å². The molecule has 0 aromatic carbocycles. The first-order valence-corrected chi connectivity index (χ1v) is 6.49. The van der Waals surface area contributed by atoms with E-state index in [1.165, 1.54) is 0 Å². The monoisotopic (exact) mass is 281 g/mol. The number of carbonyl (C=O) groups excluding carboxylic acids is 1. The summed E-state index contributed by atoms with van der Waals surface area (Å²) in [6, 6.07) is 3.55. The number of carbonyl (C=O) groups is 1. The molecule has 6 heteroatoms. The molecule has 0 bridgehead atoms. The van der Waals surface area contributed by atoms with Crippen molar-refractivity contribution in [3.05, 3.63) is 24.0 Å². The summed E-state index contributed by atoms with van der Waals surface area (Å²) in [4.78, 5) is 17.9. The highest BCUT2D eigenvalue weighted by Crippen LogP contribution is 2.12. The van der Waals surface area contributed by atoms with Gasteiger partial charge in [0.1, 0.15) is 5.60 Å². The second kappa shape index (κ2) is 7.09. The van der Waals surface area contributed by atoms with E-state index in [4.69, 9.17) is 15.2 Å². The molecular formula is C14H23N3O3. The lowest BCUT2D eigenvalue weighted by Gasteiger charge is -2.27. The van der Waals surface area contributed by atoms with Crippen molar-refractivity contribution < 1.29 is 14.3 Å². The number of ether oxygens (including phenoxy) is 2. The van der Waals surface area contributed by atoms with Crippen molar-refractivity contribution in [1.82, 2.24) is 9.88 Å². The number of aromatic nitrogens is 1. The molecule has 1 aromatic heterocycles. The Kier molecular flexibility index (Phi) is 5.76. The maximum Gasteiger partial charge on any atom is 0.410 e. The van der Waals surface area contributed by atoms with E-state index < -0.39 is 5.60 Å². The lowest BCUT2D eigenvalue weighted by Crippen LogP contribution is -2.38. The quantitative estimate of drug-likeness (QED) is 0.893. The summed E-state index contributed by atoms with van der Waals surface area (Å²) in [5.74, 6) is 0. The second-order valence-corrected chi connectivity index (χ2v) is 5.48. The zero-order valence-electron chi connectivity index (χ0n) is 12.5. The van der Waals surface area contributed by atoms with Gasteiger partial charge in [0.15, 0.2) is 0 Å². The van der Waals surface area contributed by atoms with E-state index in [1.807, 2.05) is 20.8 Å². The number of anilines is 1. The van der Waals surface area contributed by atoms with E-state index in [-0.39, 0.29) is 6.09 Å². The van der Waals surface area contributed by atoms with Gasteiger partial charge in [-0.2, -0.15) is 0 Å². The molecule has 1 aromatic rings. The van der Waals surface area contributed by atoms with Gasteiger partial charge in [-0.1, -0.05) is 0 Å². The van der Waals surface area contributed by atoms with Gasteiger partial charge in [0, 0.05) is 13.7 Å². The Morgan fingerprint density at radius 3 is 2.60 bits per heavy atom. The average molecular weight is 281 g/mol. The predicted octanol–water partition coefficient (Wildman–Crippen LogP) is 2.05. The molecule has 0 spiro atoms. The van der Waals surface area contributed by atoms with Gasteiger partial charge in [-0.25, -0.2) is 4.79 Å². The van der Waals surface area contributed by atoms with Crippen molar-refractivity contribution in [2.45, 2.75) is 32.9 Å². The van der Waals surface area contributed by atoms with Crippen LogP contribution < -0.4 is 5.73 Å². The minimum absolute atomic E-state index is 0.360. The number of hydrogen-bond acceptors (Lipinski definition) is 5. The highest BCUT2D eigenvalue weighted by atomic mass is 16.6. The molecule has 0 saturated heterocycles. The molecule has 0 aliphatic heterocycles. The summed E-state index contributed by atoms with van der Waals surface area (Å²) in [6.45, 7) is 6.74. The van der Waals surface area contributed by atoms with Crippen LogP contribution in [0.1, 0.15) is 26.5 Å². The second-order valence-electron chi connectivity index (χ2n) is 5.48. The van der Waals surface area contributed by atoms with Crippen molar-refractivity contribution in [1.29, 1.82) is 0 Å². The van der Waals surface area contributed by atoms with Gasteiger partial charge in [-0.15, -0.1) is 0 Å². The third-order valence-electron chi connectivity index (χ3n) is 2.42. The van der Waals surface area contributed by atoms with Gasteiger partial charge in [0.2, 0.25) is 0 Å². The van der Waals surface area contributed by atoms with Crippen LogP contribution in [0.4, 0.5) is 10.5 Å². The normalized spacial score (nSPS) is 11.2. The van der Waals surface area contributed by atoms with E-state index in [2.05, 4.69) is 4.98 Å². The largest absolute Gasteiger partial charge is 0.444 e. The molecule has 0 atom stereocenters. The van der Waals surface area contributed by atoms with Crippen LogP contribution >= 0.6 is 0 Å². The lowest BCUT2D eigenvalue weighted by molar-refractivity contribution is 0.0181. The topological polar surface area (TPSA) is 77.7 Å². The zero-order valence-corrected chi connectivity index (χ0v) is 12.5. The SMILES string of the molecule is COCCN(Cc1ccc(N)cn1)C(=O)OC(C)(C)C. The van der Waals surface area contributed by atoms with Gasteiger partial charge in [-0.3, -0.25) is 9.88 Å². The minimum atomic E-state index is -0.531. The molecule has 112 valence electrons. The van der Waals surface area contributed by atoms with Gasteiger partial charge in [0.05, 0.1) is 30.7 Å². The van der Waals surface area contributed by atoms with Crippen LogP contribution in [0, 0.1) is 0 Å². The molecule has 0 aliphatic rings. The van der Waals surface area contributed by atoms with Crippen molar-refractivity contribution in [2.75, 3.05) is 26.0 Å². The fourth-order valence-electron chi connectivity index (χ4n) is 1.49. The first-order chi connectivity index (χ1) is 9.31. The van der Waals surface area contributed by atoms with Crippen LogP contribution in [0.5, 0.6) is 0 Å². The lowest BCUT2D eigenvalue weighted by atomic mass is 10.2. The molecule has 20 heavy (non-hydrogen) atoms. The maximum atomic E-state index is 12.1. The molecule has 0 radical (unpaired) electrons. The van der Waals surface area contributed by atoms with Gasteiger partial charge in [-0.05, 0) is 32.9 Å². The molecule has 1 heterocycles. The van der Waals surface area contributed by atoms with Crippen molar-refractivity contribution in [3.8, 4) is 0 Å². The van der Waals surface area contributed by atoms with E-state index in [0.717, 1.165) is 5.69 Å².